The van der Waals surface area contributed by atoms with Crippen molar-refractivity contribution >= 4 is 33.4 Å². The minimum atomic E-state index is 0.00887. The number of fused-ring (bicyclic) bond motifs is 2. The molecule has 174 valence electrons. The van der Waals surface area contributed by atoms with Crippen molar-refractivity contribution in [3.8, 4) is 0 Å². The molecule has 2 amide bonds. The van der Waals surface area contributed by atoms with Crippen LogP contribution in [0.3, 0.4) is 0 Å². The Morgan fingerprint density at radius 2 is 1.91 bits per heavy atom. The number of carbonyl (C=O) groups excluding carboxylic acids is 2. The molecule has 2 aromatic heterocycles. The van der Waals surface area contributed by atoms with Crippen molar-refractivity contribution in [2.75, 3.05) is 19.6 Å². The van der Waals surface area contributed by atoms with E-state index in [4.69, 9.17) is 4.98 Å². The molecule has 0 radical (unpaired) electrons. The van der Waals surface area contributed by atoms with Crippen molar-refractivity contribution < 1.29 is 9.59 Å². The Hall–Kier alpha value is -2.22. The Labute approximate surface area is 193 Å². The molecule has 2 aliphatic heterocycles. The number of piperidine rings is 1. The maximum Gasteiger partial charge on any atom is 0.264 e. The third kappa shape index (κ3) is 4.34. The molecule has 4 heterocycles. The summed E-state index contributed by atoms with van der Waals surface area (Å²) in [5, 5.41) is 0.617. The van der Waals surface area contributed by atoms with Gasteiger partial charge < -0.3 is 9.80 Å². The summed E-state index contributed by atoms with van der Waals surface area (Å²) >= 11 is 1.38. The van der Waals surface area contributed by atoms with Gasteiger partial charge in [-0.25, -0.2) is 4.98 Å². The molecule has 0 spiro atoms. The highest BCUT2D eigenvalue weighted by molar-refractivity contribution is 7.20. The van der Waals surface area contributed by atoms with Crippen molar-refractivity contribution in [2.24, 2.45) is 0 Å². The maximum atomic E-state index is 13.8. The molecule has 0 bridgehead atoms. The summed E-state index contributed by atoms with van der Waals surface area (Å²) in [6.45, 7) is 8.43. The van der Waals surface area contributed by atoms with Crippen LogP contribution in [-0.2, 0) is 17.8 Å². The Bertz CT molecular complexity index is 1070. The lowest BCUT2D eigenvalue weighted by Gasteiger charge is -2.38. The quantitative estimate of drug-likeness (QED) is 0.684. The number of nitrogens with zero attached hydrogens (tertiary/aromatic N) is 4. The summed E-state index contributed by atoms with van der Waals surface area (Å²) < 4.78 is 1.83. The van der Waals surface area contributed by atoms with Gasteiger partial charge in [0, 0.05) is 45.6 Å². The van der Waals surface area contributed by atoms with Crippen molar-refractivity contribution in [3.05, 3.63) is 26.6 Å². The Balaban J connectivity index is 1.67. The van der Waals surface area contributed by atoms with Gasteiger partial charge in [-0.1, -0.05) is 19.8 Å². The topological polar surface area (TPSA) is 75.5 Å². The molecule has 0 atom stereocenters. The number of aromatic nitrogens is 2. The largest absolute Gasteiger partial charge is 0.343 e. The van der Waals surface area contributed by atoms with Crippen molar-refractivity contribution in [3.63, 3.8) is 0 Å². The standard InChI is InChI=1S/C24H34N4O3S/c1-4-5-12-27(18-10-14-26(15-11-18)17(3)29)24(31)21-16(2)20-22(32-21)25-19-9-7-6-8-13-28(19)23(20)30/h18H,4-15H2,1-3H3. The fourth-order valence-corrected chi connectivity index (χ4v) is 6.16. The summed E-state index contributed by atoms with van der Waals surface area (Å²) in [6.07, 6.45) is 7.55. The monoisotopic (exact) mass is 458 g/mol. The summed E-state index contributed by atoms with van der Waals surface area (Å²) in [4.78, 5) is 48.8. The first-order valence-electron chi connectivity index (χ1n) is 12.0. The normalized spacial score (nSPS) is 17.3. The maximum absolute atomic E-state index is 13.8. The fourth-order valence-electron chi connectivity index (χ4n) is 5.02. The van der Waals surface area contributed by atoms with Crippen LogP contribution in [0.25, 0.3) is 10.2 Å². The van der Waals surface area contributed by atoms with E-state index in [1.54, 1.807) is 6.92 Å². The number of hydrogen-bond acceptors (Lipinski definition) is 5. The molecule has 8 heteroatoms. The molecular weight excluding hydrogens is 424 g/mol. The molecule has 0 saturated carbocycles. The SMILES string of the molecule is CCCCN(C(=O)c1sc2nc3n(c(=O)c2c1C)CCCCC3)C1CCN(C(C)=O)CC1. The molecule has 0 unspecified atom stereocenters. The van der Waals surface area contributed by atoms with Crippen molar-refractivity contribution in [1.29, 1.82) is 0 Å². The molecule has 4 rings (SSSR count). The van der Waals surface area contributed by atoms with Crippen LogP contribution in [0, 0.1) is 6.92 Å². The lowest BCUT2D eigenvalue weighted by molar-refractivity contribution is -0.130. The molecule has 0 aromatic carbocycles. The zero-order valence-electron chi connectivity index (χ0n) is 19.5. The van der Waals surface area contributed by atoms with Gasteiger partial charge in [-0.15, -0.1) is 11.3 Å². The zero-order chi connectivity index (χ0) is 22.8. The van der Waals surface area contributed by atoms with Crippen molar-refractivity contribution in [2.45, 2.75) is 84.7 Å². The number of rotatable bonds is 5. The van der Waals surface area contributed by atoms with Crippen LogP contribution >= 0.6 is 11.3 Å². The second kappa shape index (κ2) is 9.73. The molecule has 2 aromatic rings. The number of aryl methyl sites for hydroxylation is 2. The van der Waals surface area contributed by atoms with Crippen LogP contribution in [0.15, 0.2) is 4.79 Å². The van der Waals surface area contributed by atoms with E-state index in [9.17, 15) is 14.4 Å². The third-order valence-corrected chi connectivity index (χ3v) is 8.14. The number of thiophene rings is 1. The average Bonchev–Trinajstić information content (AvgIpc) is 2.95. The van der Waals surface area contributed by atoms with E-state index < -0.39 is 0 Å². The van der Waals surface area contributed by atoms with E-state index in [1.807, 2.05) is 21.3 Å². The van der Waals surface area contributed by atoms with Gasteiger partial charge in [0.25, 0.3) is 11.5 Å². The van der Waals surface area contributed by atoms with Gasteiger partial charge in [-0.3, -0.25) is 19.0 Å². The number of likely N-dealkylation sites (tertiary alicyclic amines) is 1. The number of hydrogen-bond donors (Lipinski definition) is 0. The highest BCUT2D eigenvalue weighted by Crippen LogP contribution is 2.31. The van der Waals surface area contributed by atoms with Gasteiger partial charge >= 0.3 is 0 Å². The summed E-state index contributed by atoms with van der Waals surface area (Å²) in [5.41, 5.74) is 0.782. The van der Waals surface area contributed by atoms with Crippen molar-refractivity contribution in [1.82, 2.24) is 19.4 Å². The molecule has 1 fully saturated rings. The Morgan fingerprint density at radius 1 is 1.16 bits per heavy atom. The van der Waals surface area contributed by atoms with E-state index in [-0.39, 0.29) is 23.4 Å². The second-order valence-electron chi connectivity index (χ2n) is 9.12. The lowest BCUT2D eigenvalue weighted by Crippen LogP contribution is -2.48. The van der Waals surface area contributed by atoms with Gasteiger partial charge in [0.05, 0.1) is 10.3 Å². The number of amides is 2. The molecule has 32 heavy (non-hydrogen) atoms. The summed E-state index contributed by atoms with van der Waals surface area (Å²) in [7, 11) is 0. The van der Waals surface area contributed by atoms with Gasteiger partial charge in [0.1, 0.15) is 10.7 Å². The molecule has 0 aliphatic carbocycles. The second-order valence-corrected chi connectivity index (χ2v) is 10.1. The Morgan fingerprint density at radius 3 is 2.59 bits per heavy atom. The molecule has 7 nitrogen and oxygen atoms in total. The van der Waals surface area contributed by atoms with E-state index in [1.165, 1.54) is 11.3 Å². The minimum Gasteiger partial charge on any atom is -0.343 e. The van der Waals surface area contributed by atoms with Gasteiger partial charge in [-0.2, -0.15) is 0 Å². The van der Waals surface area contributed by atoms with E-state index in [2.05, 4.69) is 6.92 Å². The smallest absolute Gasteiger partial charge is 0.264 e. The van der Waals surface area contributed by atoms with Crippen LogP contribution in [0.2, 0.25) is 0 Å². The summed E-state index contributed by atoms with van der Waals surface area (Å²) in [5.74, 6) is 0.973. The molecule has 1 saturated heterocycles. The first-order chi connectivity index (χ1) is 15.4. The van der Waals surface area contributed by atoms with Crippen LogP contribution in [0.4, 0.5) is 0 Å². The Kier molecular flexibility index (Phi) is 6.98. The molecule has 2 aliphatic rings. The first kappa shape index (κ1) is 23.0. The number of unbranched alkanes of at least 4 members (excludes halogenated alkanes) is 1. The van der Waals surface area contributed by atoms with Crippen LogP contribution in [0.1, 0.15) is 79.9 Å². The van der Waals surface area contributed by atoms with E-state index in [0.29, 0.717) is 41.3 Å². The zero-order valence-corrected chi connectivity index (χ0v) is 20.3. The lowest BCUT2D eigenvalue weighted by atomic mass is 10.0. The predicted molar refractivity (Wildman–Crippen MR) is 127 cm³/mol. The number of carbonyl (C=O) groups is 2. The van der Waals surface area contributed by atoms with Gasteiger partial charge in [0.2, 0.25) is 5.91 Å². The minimum absolute atomic E-state index is 0.00887. The fraction of sp³-hybridized carbons (Fsp3) is 0.667. The molecule has 0 N–H and O–H groups in total. The first-order valence-corrected chi connectivity index (χ1v) is 12.8. The summed E-state index contributed by atoms with van der Waals surface area (Å²) in [6, 6.07) is 0.125. The predicted octanol–water partition coefficient (Wildman–Crippen LogP) is 3.75. The van der Waals surface area contributed by atoms with E-state index >= 15 is 0 Å². The van der Waals surface area contributed by atoms with Crippen LogP contribution < -0.4 is 5.56 Å². The average molecular weight is 459 g/mol. The van der Waals surface area contributed by atoms with Crippen LogP contribution in [0.5, 0.6) is 0 Å². The van der Waals surface area contributed by atoms with Gasteiger partial charge in [-0.05, 0) is 44.6 Å². The third-order valence-electron chi connectivity index (χ3n) is 6.97. The highest BCUT2D eigenvalue weighted by Gasteiger charge is 2.31. The highest BCUT2D eigenvalue weighted by atomic mass is 32.1. The molecular formula is C24H34N4O3S. The van der Waals surface area contributed by atoms with E-state index in [0.717, 1.165) is 62.8 Å². The van der Waals surface area contributed by atoms with Crippen LogP contribution in [-0.4, -0.2) is 56.8 Å². The van der Waals surface area contributed by atoms with Gasteiger partial charge in [0.15, 0.2) is 0 Å².